The first-order valence-corrected chi connectivity index (χ1v) is 8.46. The van der Waals surface area contributed by atoms with Gasteiger partial charge in [0.05, 0.1) is 5.56 Å². The Labute approximate surface area is 148 Å². The van der Waals surface area contributed by atoms with Crippen LogP contribution in [0.15, 0.2) is 36.4 Å². The van der Waals surface area contributed by atoms with Crippen molar-refractivity contribution in [2.24, 2.45) is 0 Å². The number of carbonyl (C=O) groups is 2. The van der Waals surface area contributed by atoms with Crippen LogP contribution in [0, 0.1) is 0 Å². The van der Waals surface area contributed by atoms with Crippen molar-refractivity contribution in [1.29, 1.82) is 0 Å². The monoisotopic (exact) mass is 340 g/mol. The Morgan fingerprint density at radius 3 is 2.16 bits per heavy atom. The van der Waals surface area contributed by atoms with E-state index in [4.69, 9.17) is 0 Å². The molecule has 0 unspecified atom stereocenters. The molecule has 0 saturated carbocycles. The number of hydrogen-bond acceptors (Lipinski definition) is 3. The third kappa shape index (κ3) is 3.58. The van der Waals surface area contributed by atoms with E-state index in [0.29, 0.717) is 23.1 Å². The molecule has 0 aliphatic carbocycles. The lowest BCUT2D eigenvalue weighted by Gasteiger charge is -2.26. The normalized spacial score (nSPS) is 11.4. The molecule has 0 fully saturated rings. The maximum absolute atomic E-state index is 13.0. The molecule has 0 saturated heterocycles. The number of rotatable bonds is 6. The Morgan fingerprint density at radius 2 is 1.64 bits per heavy atom. The van der Waals surface area contributed by atoms with Gasteiger partial charge in [-0.2, -0.15) is 0 Å². The highest BCUT2D eigenvalue weighted by atomic mass is 16.4. The molecule has 4 nitrogen and oxygen atoms in total. The number of carboxylic acids is 1. The fourth-order valence-electron chi connectivity index (χ4n) is 2.82. The number of aromatic carboxylic acids is 1. The molecule has 2 aromatic rings. The van der Waals surface area contributed by atoms with Crippen LogP contribution in [0.3, 0.4) is 0 Å². The lowest BCUT2D eigenvalue weighted by Crippen LogP contribution is -2.18. The van der Waals surface area contributed by atoms with E-state index < -0.39 is 5.97 Å². The van der Waals surface area contributed by atoms with E-state index >= 15 is 0 Å². The number of benzene rings is 2. The van der Waals surface area contributed by atoms with Gasteiger partial charge in [-0.25, -0.2) is 4.79 Å². The first kappa shape index (κ1) is 18.7. The van der Waals surface area contributed by atoms with Gasteiger partial charge >= 0.3 is 5.97 Å². The quantitative estimate of drug-likeness (QED) is 0.755. The molecule has 0 spiro atoms. The molecule has 0 aliphatic heterocycles. The van der Waals surface area contributed by atoms with E-state index in [1.165, 1.54) is 12.1 Å². The summed E-state index contributed by atoms with van der Waals surface area (Å²) in [6.07, 6.45) is 1.38. The van der Waals surface area contributed by atoms with E-state index in [1.807, 2.05) is 27.7 Å². The highest BCUT2D eigenvalue weighted by Crippen LogP contribution is 2.37. The van der Waals surface area contributed by atoms with Crippen molar-refractivity contribution in [2.45, 2.75) is 46.0 Å². The molecule has 0 amide bonds. The molecule has 4 heteroatoms. The van der Waals surface area contributed by atoms with Gasteiger partial charge in [-0.15, -0.1) is 0 Å². The maximum atomic E-state index is 13.0. The zero-order valence-corrected chi connectivity index (χ0v) is 15.1. The van der Waals surface area contributed by atoms with Gasteiger partial charge in [0.2, 0.25) is 0 Å². The first-order valence-electron chi connectivity index (χ1n) is 8.46. The van der Waals surface area contributed by atoms with Crippen LogP contribution in [0.5, 0.6) is 5.75 Å². The van der Waals surface area contributed by atoms with Crippen LogP contribution in [-0.4, -0.2) is 22.0 Å². The summed E-state index contributed by atoms with van der Waals surface area (Å²) < 4.78 is 0. The summed E-state index contributed by atoms with van der Waals surface area (Å²) in [6, 6.07) is 9.55. The molecule has 0 radical (unpaired) electrons. The van der Waals surface area contributed by atoms with E-state index in [-0.39, 0.29) is 28.1 Å². The predicted octanol–water partition coefficient (Wildman–Crippen LogP) is 4.57. The standard InChI is InChI=1S/C21H24O4/c1-5-13-11-14(12-17(19(13)23)21(3,4)6-2)18(22)15-9-7-8-10-16(15)20(24)25/h7-12,23H,5-6H2,1-4H3,(H,24,25). The zero-order valence-electron chi connectivity index (χ0n) is 15.1. The van der Waals surface area contributed by atoms with Crippen molar-refractivity contribution in [3.63, 3.8) is 0 Å². The highest BCUT2D eigenvalue weighted by molar-refractivity contribution is 6.14. The molecule has 132 valence electrons. The number of carbonyl (C=O) groups excluding carboxylic acids is 1. The Kier molecular flexibility index (Phi) is 5.31. The third-order valence-electron chi connectivity index (χ3n) is 4.85. The minimum Gasteiger partial charge on any atom is -0.507 e. The summed E-state index contributed by atoms with van der Waals surface area (Å²) in [4.78, 5) is 24.4. The SMILES string of the molecule is CCc1cc(C(=O)c2ccccc2C(=O)O)cc(C(C)(C)CC)c1O. The number of phenols is 1. The van der Waals surface area contributed by atoms with Crippen molar-refractivity contribution >= 4 is 11.8 Å². The summed E-state index contributed by atoms with van der Waals surface area (Å²) in [5.41, 5.74) is 1.65. The average molecular weight is 340 g/mol. The molecular weight excluding hydrogens is 316 g/mol. The van der Waals surface area contributed by atoms with Crippen LogP contribution < -0.4 is 0 Å². The van der Waals surface area contributed by atoms with Crippen molar-refractivity contribution < 1.29 is 19.8 Å². The second-order valence-electron chi connectivity index (χ2n) is 6.80. The number of ketones is 1. The molecular formula is C21H24O4. The third-order valence-corrected chi connectivity index (χ3v) is 4.85. The second kappa shape index (κ2) is 7.09. The lowest BCUT2D eigenvalue weighted by atomic mass is 9.79. The largest absolute Gasteiger partial charge is 0.507 e. The number of hydrogen-bond donors (Lipinski definition) is 2. The Hall–Kier alpha value is -2.62. The van der Waals surface area contributed by atoms with Crippen molar-refractivity contribution in [3.05, 3.63) is 64.2 Å². The molecule has 0 aromatic heterocycles. The van der Waals surface area contributed by atoms with Crippen LogP contribution >= 0.6 is 0 Å². The summed E-state index contributed by atoms with van der Waals surface area (Å²) >= 11 is 0. The van der Waals surface area contributed by atoms with Crippen LogP contribution in [0.4, 0.5) is 0 Å². The van der Waals surface area contributed by atoms with Crippen LogP contribution in [0.25, 0.3) is 0 Å². The number of aryl methyl sites for hydroxylation is 1. The fourth-order valence-corrected chi connectivity index (χ4v) is 2.82. The van der Waals surface area contributed by atoms with Crippen LogP contribution in [0.2, 0.25) is 0 Å². The van der Waals surface area contributed by atoms with Crippen molar-refractivity contribution in [2.75, 3.05) is 0 Å². The van der Waals surface area contributed by atoms with Gasteiger partial charge in [0.25, 0.3) is 0 Å². The van der Waals surface area contributed by atoms with Gasteiger partial charge in [-0.05, 0) is 42.0 Å². The molecule has 2 aromatic carbocycles. The van der Waals surface area contributed by atoms with Crippen molar-refractivity contribution in [1.82, 2.24) is 0 Å². The molecule has 0 aliphatic rings. The molecule has 0 heterocycles. The van der Waals surface area contributed by atoms with E-state index in [2.05, 4.69) is 0 Å². The topological polar surface area (TPSA) is 74.6 Å². The minimum atomic E-state index is -1.13. The number of phenolic OH excluding ortho intramolecular Hbond substituents is 1. The first-order chi connectivity index (χ1) is 11.7. The summed E-state index contributed by atoms with van der Waals surface area (Å²) in [6.45, 7) is 7.97. The van der Waals surface area contributed by atoms with Gasteiger partial charge in [0, 0.05) is 16.7 Å². The van der Waals surface area contributed by atoms with Crippen molar-refractivity contribution in [3.8, 4) is 5.75 Å². The minimum absolute atomic E-state index is 0.0186. The zero-order chi connectivity index (χ0) is 18.8. The summed E-state index contributed by atoms with van der Waals surface area (Å²) in [7, 11) is 0. The molecule has 2 rings (SSSR count). The smallest absolute Gasteiger partial charge is 0.336 e. The second-order valence-corrected chi connectivity index (χ2v) is 6.80. The molecule has 2 N–H and O–H groups in total. The van der Waals surface area contributed by atoms with Gasteiger partial charge in [-0.3, -0.25) is 4.79 Å². The molecule has 0 atom stereocenters. The van der Waals surface area contributed by atoms with Gasteiger partial charge < -0.3 is 10.2 Å². The molecule has 0 bridgehead atoms. The van der Waals surface area contributed by atoms with E-state index in [9.17, 15) is 19.8 Å². The van der Waals surface area contributed by atoms with Crippen LogP contribution in [-0.2, 0) is 11.8 Å². The van der Waals surface area contributed by atoms with E-state index in [0.717, 1.165) is 6.42 Å². The maximum Gasteiger partial charge on any atom is 0.336 e. The van der Waals surface area contributed by atoms with Gasteiger partial charge in [-0.1, -0.05) is 45.9 Å². The fraction of sp³-hybridized carbons (Fsp3) is 0.333. The summed E-state index contributed by atoms with van der Waals surface area (Å²) in [5, 5.41) is 19.9. The van der Waals surface area contributed by atoms with Gasteiger partial charge in [0.1, 0.15) is 5.75 Å². The molecule has 25 heavy (non-hydrogen) atoms. The predicted molar refractivity (Wildman–Crippen MR) is 97.6 cm³/mol. The highest BCUT2D eigenvalue weighted by Gasteiger charge is 2.26. The van der Waals surface area contributed by atoms with Gasteiger partial charge in [0.15, 0.2) is 5.78 Å². The van der Waals surface area contributed by atoms with E-state index in [1.54, 1.807) is 24.3 Å². The lowest BCUT2D eigenvalue weighted by molar-refractivity contribution is 0.0692. The van der Waals surface area contributed by atoms with Crippen LogP contribution in [0.1, 0.15) is 71.5 Å². The Bertz CT molecular complexity index is 819. The summed E-state index contributed by atoms with van der Waals surface area (Å²) in [5.74, 6) is -1.26. The Morgan fingerprint density at radius 1 is 1.04 bits per heavy atom. The number of carboxylic acid groups (broad SMARTS) is 1. The average Bonchev–Trinajstić information content (AvgIpc) is 2.61. The number of aromatic hydroxyl groups is 1. The Balaban J connectivity index is 2.66.